The zero-order valence-electron chi connectivity index (χ0n) is 9.52. The minimum absolute atomic E-state index is 0.0151. The third-order valence-electron chi connectivity index (χ3n) is 3.03. The Bertz CT molecular complexity index is 446. The first kappa shape index (κ1) is 12.3. The molecule has 0 bridgehead atoms. The Labute approximate surface area is 104 Å². The molecule has 1 fully saturated rings. The molecule has 1 amide bonds. The van der Waals surface area contributed by atoms with Crippen LogP contribution in [0.3, 0.4) is 0 Å². The summed E-state index contributed by atoms with van der Waals surface area (Å²) < 4.78 is 12.9. The lowest BCUT2D eigenvalue weighted by Gasteiger charge is -2.14. The van der Waals surface area contributed by atoms with Gasteiger partial charge in [-0.3, -0.25) is 4.79 Å². The molecule has 1 aliphatic carbocycles. The number of rotatable bonds is 4. The van der Waals surface area contributed by atoms with Crippen LogP contribution >= 0.6 is 11.6 Å². The number of hydrogen-bond donors (Lipinski definition) is 2. The van der Waals surface area contributed by atoms with Crippen molar-refractivity contribution >= 4 is 23.2 Å². The summed E-state index contributed by atoms with van der Waals surface area (Å²) in [4.78, 5) is 12.0. The molecule has 92 valence electrons. The van der Waals surface area contributed by atoms with E-state index in [-0.39, 0.29) is 16.3 Å². The van der Waals surface area contributed by atoms with Gasteiger partial charge in [0.1, 0.15) is 5.82 Å². The molecule has 1 aliphatic rings. The molecule has 0 heterocycles. The van der Waals surface area contributed by atoms with Gasteiger partial charge in [0.25, 0.3) is 0 Å². The van der Waals surface area contributed by atoms with E-state index in [1.165, 1.54) is 18.2 Å². The largest absolute Gasteiger partial charge is 0.326 e. The van der Waals surface area contributed by atoms with Crippen LogP contribution in [0.25, 0.3) is 0 Å². The molecule has 2 rings (SSSR count). The third kappa shape index (κ3) is 2.58. The van der Waals surface area contributed by atoms with Crippen molar-refractivity contribution in [1.29, 1.82) is 0 Å². The first-order chi connectivity index (χ1) is 8.07. The highest BCUT2D eigenvalue weighted by atomic mass is 35.5. The molecule has 3 nitrogen and oxygen atoms in total. The molecule has 0 spiro atoms. The summed E-state index contributed by atoms with van der Waals surface area (Å²) in [6.07, 6.45) is 1.77. The fourth-order valence-corrected chi connectivity index (χ4v) is 1.99. The maximum absolute atomic E-state index is 12.9. The topological polar surface area (TPSA) is 41.1 Å². The molecule has 1 aromatic rings. The van der Waals surface area contributed by atoms with Gasteiger partial charge in [-0.2, -0.15) is 0 Å². The van der Waals surface area contributed by atoms with Crippen LogP contribution in [-0.2, 0) is 4.79 Å². The first-order valence-corrected chi connectivity index (χ1v) is 5.86. The number of carbonyl (C=O) groups excluding carboxylic acids is 1. The van der Waals surface area contributed by atoms with Crippen molar-refractivity contribution in [2.75, 3.05) is 18.9 Å². The summed E-state index contributed by atoms with van der Waals surface area (Å²) in [6.45, 7) is 0.660. The van der Waals surface area contributed by atoms with Crippen molar-refractivity contribution in [3.8, 4) is 0 Å². The van der Waals surface area contributed by atoms with Crippen molar-refractivity contribution in [2.45, 2.75) is 12.8 Å². The fraction of sp³-hybridized carbons (Fsp3) is 0.417. The summed E-state index contributed by atoms with van der Waals surface area (Å²) in [5.74, 6) is -0.518. The van der Waals surface area contributed by atoms with Crippen LogP contribution in [0, 0.1) is 11.2 Å². The smallest absolute Gasteiger partial charge is 0.231 e. The first-order valence-electron chi connectivity index (χ1n) is 5.48. The molecule has 17 heavy (non-hydrogen) atoms. The number of amides is 1. The molecule has 0 saturated heterocycles. The van der Waals surface area contributed by atoms with Gasteiger partial charge in [-0.15, -0.1) is 0 Å². The third-order valence-corrected chi connectivity index (χ3v) is 3.32. The Morgan fingerprint density at radius 3 is 2.76 bits per heavy atom. The summed E-state index contributed by atoms with van der Waals surface area (Å²) in [5.41, 5.74) is 0.235. The Hall–Kier alpha value is -1.13. The summed E-state index contributed by atoms with van der Waals surface area (Å²) >= 11 is 5.65. The molecule has 0 atom stereocenters. The number of carbonyl (C=O) groups is 1. The van der Waals surface area contributed by atoms with Gasteiger partial charge in [-0.05, 0) is 38.1 Å². The van der Waals surface area contributed by atoms with E-state index >= 15 is 0 Å². The second-order valence-corrected chi connectivity index (χ2v) is 4.80. The molecule has 5 heteroatoms. The lowest BCUT2D eigenvalue weighted by Crippen LogP contribution is -2.32. The minimum Gasteiger partial charge on any atom is -0.326 e. The second-order valence-electron chi connectivity index (χ2n) is 4.39. The maximum Gasteiger partial charge on any atom is 0.231 e. The monoisotopic (exact) mass is 256 g/mol. The van der Waals surface area contributed by atoms with Crippen LogP contribution in [0.5, 0.6) is 0 Å². The van der Waals surface area contributed by atoms with Crippen LogP contribution < -0.4 is 10.6 Å². The predicted molar refractivity (Wildman–Crippen MR) is 65.6 cm³/mol. The Morgan fingerprint density at radius 2 is 2.24 bits per heavy atom. The van der Waals surface area contributed by atoms with Crippen molar-refractivity contribution in [2.24, 2.45) is 5.41 Å². The lowest BCUT2D eigenvalue weighted by molar-refractivity contribution is -0.120. The standard InChI is InChI=1S/C12H14ClFN2O/c1-15-7-12(4-5-12)11(17)16-8-2-3-10(14)9(13)6-8/h2-3,6,15H,4-5,7H2,1H3,(H,16,17). The van der Waals surface area contributed by atoms with Gasteiger partial charge < -0.3 is 10.6 Å². The summed E-state index contributed by atoms with van der Waals surface area (Å²) in [5, 5.41) is 5.79. The van der Waals surface area contributed by atoms with Gasteiger partial charge in [-0.1, -0.05) is 11.6 Å². The molecule has 0 aromatic heterocycles. The number of nitrogens with one attached hydrogen (secondary N) is 2. The highest BCUT2D eigenvalue weighted by molar-refractivity contribution is 6.31. The Morgan fingerprint density at radius 1 is 1.53 bits per heavy atom. The molecular weight excluding hydrogens is 243 g/mol. The average molecular weight is 257 g/mol. The SMILES string of the molecule is CNCC1(C(=O)Nc2ccc(F)c(Cl)c2)CC1. The summed E-state index contributed by atoms with van der Waals surface area (Å²) in [6, 6.07) is 4.17. The van der Waals surface area contributed by atoms with Crippen LogP contribution in [0.1, 0.15) is 12.8 Å². The highest BCUT2D eigenvalue weighted by Crippen LogP contribution is 2.45. The van der Waals surface area contributed by atoms with E-state index in [2.05, 4.69) is 10.6 Å². The van der Waals surface area contributed by atoms with Crippen molar-refractivity contribution in [1.82, 2.24) is 5.32 Å². The van der Waals surface area contributed by atoms with Crippen LogP contribution in [0.4, 0.5) is 10.1 Å². The fourth-order valence-electron chi connectivity index (χ4n) is 1.81. The second kappa shape index (κ2) is 4.63. The van der Waals surface area contributed by atoms with Gasteiger partial charge in [0.15, 0.2) is 0 Å². The number of hydrogen-bond acceptors (Lipinski definition) is 2. The van der Waals surface area contributed by atoms with E-state index < -0.39 is 5.82 Å². The Balaban J connectivity index is 2.06. The van der Waals surface area contributed by atoms with Crippen molar-refractivity contribution in [3.05, 3.63) is 29.0 Å². The van der Waals surface area contributed by atoms with Gasteiger partial charge in [0, 0.05) is 12.2 Å². The minimum atomic E-state index is -0.485. The number of halogens is 2. The molecule has 0 aliphatic heterocycles. The Kier molecular flexibility index (Phi) is 3.35. The molecular formula is C12H14ClFN2O. The predicted octanol–water partition coefficient (Wildman–Crippen LogP) is 2.42. The lowest BCUT2D eigenvalue weighted by atomic mass is 10.1. The highest BCUT2D eigenvalue weighted by Gasteiger charge is 2.49. The average Bonchev–Trinajstić information content (AvgIpc) is 3.05. The van der Waals surface area contributed by atoms with E-state index in [0.29, 0.717) is 12.2 Å². The van der Waals surface area contributed by atoms with E-state index in [1.807, 2.05) is 7.05 Å². The van der Waals surface area contributed by atoms with Gasteiger partial charge in [0.2, 0.25) is 5.91 Å². The van der Waals surface area contributed by atoms with Crippen LogP contribution in [0.2, 0.25) is 5.02 Å². The zero-order valence-corrected chi connectivity index (χ0v) is 10.3. The van der Waals surface area contributed by atoms with Crippen LogP contribution in [0.15, 0.2) is 18.2 Å². The van der Waals surface area contributed by atoms with E-state index in [1.54, 1.807) is 0 Å². The normalized spacial score (nSPS) is 16.6. The van der Waals surface area contributed by atoms with Crippen molar-refractivity contribution < 1.29 is 9.18 Å². The maximum atomic E-state index is 12.9. The zero-order chi connectivity index (χ0) is 12.5. The van der Waals surface area contributed by atoms with Gasteiger partial charge in [0.05, 0.1) is 10.4 Å². The molecule has 2 N–H and O–H groups in total. The van der Waals surface area contributed by atoms with E-state index in [9.17, 15) is 9.18 Å². The van der Waals surface area contributed by atoms with E-state index in [0.717, 1.165) is 12.8 Å². The van der Waals surface area contributed by atoms with Crippen molar-refractivity contribution in [3.63, 3.8) is 0 Å². The van der Waals surface area contributed by atoms with E-state index in [4.69, 9.17) is 11.6 Å². The molecule has 1 saturated carbocycles. The van der Waals surface area contributed by atoms with Gasteiger partial charge >= 0.3 is 0 Å². The quantitative estimate of drug-likeness (QED) is 0.869. The van der Waals surface area contributed by atoms with Gasteiger partial charge in [-0.25, -0.2) is 4.39 Å². The molecule has 1 aromatic carbocycles. The van der Waals surface area contributed by atoms with Crippen LogP contribution in [-0.4, -0.2) is 19.5 Å². The molecule has 0 radical (unpaired) electrons. The number of anilines is 1. The molecule has 0 unspecified atom stereocenters. The summed E-state index contributed by atoms with van der Waals surface area (Å²) in [7, 11) is 1.82. The number of benzene rings is 1.